The van der Waals surface area contributed by atoms with Gasteiger partial charge in [0.05, 0.1) is 19.1 Å². The van der Waals surface area contributed by atoms with Gasteiger partial charge in [0.1, 0.15) is 11.5 Å². The molecule has 1 saturated heterocycles. The van der Waals surface area contributed by atoms with Crippen LogP contribution in [-0.2, 0) is 9.53 Å². The Morgan fingerprint density at radius 2 is 2.00 bits per heavy atom. The highest BCUT2D eigenvalue weighted by Gasteiger charge is 2.22. The zero-order valence-electron chi connectivity index (χ0n) is 14.8. The smallest absolute Gasteiger partial charge is 0.304 e. The van der Waals surface area contributed by atoms with Crippen molar-refractivity contribution in [1.82, 2.24) is 4.90 Å². The van der Waals surface area contributed by atoms with Gasteiger partial charge in [0.2, 0.25) is 0 Å². The molecule has 0 aromatic heterocycles. The van der Waals surface area contributed by atoms with Gasteiger partial charge in [0.15, 0.2) is 0 Å². The van der Waals surface area contributed by atoms with Gasteiger partial charge in [-0.3, -0.25) is 9.69 Å². The summed E-state index contributed by atoms with van der Waals surface area (Å²) in [6.45, 7) is 4.70. The first-order valence-electron chi connectivity index (χ1n) is 8.50. The number of benzene rings is 2. The van der Waals surface area contributed by atoms with E-state index in [1.807, 2.05) is 55.5 Å². The van der Waals surface area contributed by atoms with Gasteiger partial charge in [0.25, 0.3) is 0 Å². The highest BCUT2D eigenvalue weighted by atomic mass is 35.5. The van der Waals surface area contributed by atoms with E-state index in [-0.39, 0.29) is 24.9 Å². The maximum Gasteiger partial charge on any atom is 0.304 e. The molecule has 0 amide bonds. The van der Waals surface area contributed by atoms with Gasteiger partial charge in [-0.05, 0) is 42.3 Å². The molecule has 0 bridgehead atoms. The first-order chi connectivity index (χ1) is 12.1. The van der Waals surface area contributed by atoms with Crippen molar-refractivity contribution in [2.45, 2.75) is 19.4 Å². The Morgan fingerprint density at radius 1 is 1.23 bits per heavy atom. The standard InChI is InChI=1S/C20H23NO4.ClH/c1-15-3-2-4-18(13-15)25-17-7-5-16(6-8-17)19-14-21(11-12-24-19)10-9-20(22)23;/h2-8,13,19H,9-12,14H2,1H3,(H,22,23);1H. The third kappa shape index (κ3) is 5.73. The summed E-state index contributed by atoms with van der Waals surface area (Å²) in [6.07, 6.45) is 0.131. The molecule has 5 nitrogen and oxygen atoms in total. The van der Waals surface area contributed by atoms with Crippen LogP contribution in [0.25, 0.3) is 0 Å². The summed E-state index contributed by atoms with van der Waals surface area (Å²) in [5, 5.41) is 8.82. The number of aryl methyl sites for hydroxylation is 1. The molecule has 0 saturated carbocycles. The van der Waals surface area contributed by atoms with E-state index in [0.29, 0.717) is 19.7 Å². The lowest BCUT2D eigenvalue weighted by molar-refractivity contribution is -0.137. The molecule has 1 heterocycles. The normalized spacial score (nSPS) is 17.3. The predicted octanol–water partition coefficient (Wildman–Crippen LogP) is 4.06. The van der Waals surface area contributed by atoms with Crippen molar-refractivity contribution >= 4 is 18.4 Å². The minimum Gasteiger partial charge on any atom is -0.481 e. The maximum absolute atomic E-state index is 10.7. The van der Waals surface area contributed by atoms with Crippen molar-refractivity contribution < 1.29 is 19.4 Å². The number of ether oxygens (including phenoxy) is 2. The van der Waals surface area contributed by atoms with Crippen LogP contribution >= 0.6 is 12.4 Å². The van der Waals surface area contributed by atoms with Crippen molar-refractivity contribution in [2.24, 2.45) is 0 Å². The number of hydrogen-bond acceptors (Lipinski definition) is 4. The Balaban J connectivity index is 0.00000243. The molecule has 1 atom stereocenters. The molecule has 26 heavy (non-hydrogen) atoms. The number of aliphatic carboxylic acids is 1. The van der Waals surface area contributed by atoms with Gasteiger partial charge in [-0.1, -0.05) is 24.3 Å². The van der Waals surface area contributed by atoms with Crippen LogP contribution in [0.1, 0.15) is 23.7 Å². The number of rotatable bonds is 6. The van der Waals surface area contributed by atoms with E-state index in [2.05, 4.69) is 4.90 Å². The summed E-state index contributed by atoms with van der Waals surface area (Å²) >= 11 is 0. The Hall–Kier alpha value is -2.08. The predicted molar refractivity (Wildman–Crippen MR) is 102 cm³/mol. The number of halogens is 1. The number of nitrogens with zero attached hydrogens (tertiary/aromatic N) is 1. The second-order valence-corrected chi connectivity index (χ2v) is 6.29. The molecule has 3 rings (SSSR count). The van der Waals surface area contributed by atoms with Crippen molar-refractivity contribution in [3.05, 3.63) is 59.7 Å². The Labute approximate surface area is 159 Å². The Kier molecular flexibility index (Phi) is 7.45. The first kappa shape index (κ1) is 20.2. The fraction of sp³-hybridized carbons (Fsp3) is 0.350. The zero-order valence-corrected chi connectivity index (χ0v) is 15.6. The van der Waals surface area contributed by atoms with E-state index in [1.165, 1.54) is 0 Å². The fourth-order valence-electron chi connectivity index (χ4n) is 2.93. The Morgan fingerprint density at radius 3 is 2.69 bits per heavy atom. The van der Waals surface area contributed by atoms with E-state index >= 15 is 0 Å². The van der Waals surface area contributed by atoms with Crippen LogP contribution in [0, 0.1) is 6.92 Å². The van der Waals surface area contributed by atoms with Crippen LogP contribution in [0.5, 0.6) is 11.5 Å². The third-order valence-electron chi connectivity index (χ3n) is 4.27. The van der Waals surface area contributed by atoms with Gasteiger partial charge in [-0.25, -0.2) is 0 Å². The number of carboxylic acids is 1. The monoisotopic (exact) mass is 377 g/mol. The van der Waals surface area contributed by atoms with Crippen LogP contribution in [-0.4, -0.2) is 42.2 Å². The van der Waals surface area contributed by atoms with Crippen LogP contribution in [0.2, 0.25) is 0 Å². The molecule has 2 aromatic carbocycles. The fourth-order valence-corrected chi connectivity index (χ4v) is 2.93. The third-order valence-corrected chi connectivity index (χ3v) is 4.27. The molecule has 1 aliphatic heterocycles. The second-order valence-electron chi connectivity index (χ2n) is 6.29. The van der Waals surface area contributed by atoms with Gasteiger partial charge in [-0.2, -0.15) is 0 Å². The van der Waals surface area contributed by atoms with E-state index in [0.717, 1.165) is 29.2 Å². The summed E-state index contributed by atoms with van der Waals surface area (Å²) in [5.41, 5.74) is 2.24. The number of carbonyl (C=O) groups is 1. The van der Waals surface area contributed by atoms with Gasteiger partial charge < -0.3 is 14.6 Å². The molecular formula is C20H24ClNO4. The summed E-state index contributed by atoms with van der Waals surface area (Å²) in [7, 11) is 0. The summed E-state index contributed by atoms with van der Waals surface area (Å²) in [5.74, 6) is 0.843. The van der Waals surface area contributed by atoms with Crippen LogP contribution in [0.15, 0.2) is 48.5 Å². The molecule has 1 fully saturated rings. The molecular weight excluding hydrogens is 354 g/mol. The average Bonchev–Trinajstić information content (AvgIpc) is 2.61. The van der Waals surface area contributed by atoms with E-state index in [4.69, 9.17) is 14.6 Å². The lowest BCUT2D eigenvalue weighted by Gasteiger charge is -2.32. The number of carboxylic acid groups (broad SMARTS) is 1. The highest BCUT2D eigenvalue weighted by molar-refractivity contribution is 5.85. The molecule has 1 aliphatic rings. The lowest BCUT2D eigenvalue weighted by atomic mass is 10.1. The van der Waals surface area contributed by atoms with E-state index < -0.39 is 5.97 Å². The first-order valence-corrected chi connectivity index (χ1v) is 8.50. The Bertz CT molecular complexity index is 720. The van der Waals surface area contributed by atoms with Gasteiger partial charge >= 0.3 is 5.97 Å². The van der Waals surface area contributed by atoms with E-state index in [9.17, 15) is 4.79 Å². The van der Waals surface area contributed by atoms with Gasteiger partial charge in [-0.15, -0.1) is 12.4 Å². The number of morpholine rings is 1. The molecule has 6 heteroatoms. The SMILES string of the molecule is Cc1cccc(Oc2ccc(C3CN(CCC(=O)O)CCO3)cc2)c1.Cl. The molecule has 1 unspecified atom stereocenters. The zero-order chi connectivity index (χ0) is 17.6. The molecule has 2 aromatic rings. The van der Waals surface area contributed by atoms with E-state index in [1.54, 1.807) is 0 Å². The molecule has 0 spiro atoms. The van der Waals surface area contributed by atoms with Crippen molar-refractivity contribution in [3.63, 3.8) is 0 Å². The van der Waals surface area contributed by atoms with Crippen molar-refractivity contribution in [2.75, 3.05) is 26.2 Å². The largest absolute Gasteiger partial charge is 0.481 e. The average molecular weight is 378 g/mol. The van der Waals surface area contributed by atoms with Crippen LogP contribution < -0.4 is 4.74 Å². The van der Waals surface area contributed by atoms with Crippen LogP contribution in [0.4, 0.5) is 0 Å². The minimum atomic E-state index is -0.763. The van der Waals surface area contributed by atoms with Crippen LogP contribution in [0.3, 0.4) is 0 Å². The summed E-state index contributed by atoms with van der Waals surface area (Å²) < 4.78 is 11.7. The molecule has 1 N–H and O–H groups in total. The summed E-state index contributed by atoms with van der Waals surface area (Å²) in [4.78, 5) is 12.9. The molecule has 0 radical (unpaired) electrons. The minimum absolute atomic E-state index is 0. The maximum atomic E-state index is 10.7. The van der Waals surface area contributed by atoms with Crippen molar-refractivity contribution in [3.8, 4) is 11.5 Å². The number of hydrogen-bond donors (Lipinski definition) is 1. The quantitative estimate of drug-likeness (QED) is 0.822. The second kappa shape index (κ2) is 9.57. The highest BCUT2D eigenvalue weighted by Crippen LogP contribution is 2.27. The lowest BCUT2D eigenvalue weighted by Crippen LogP contribution is -2.39. The van der Waals surface area contributed by atoms with Gasteiger partial charge in [0, 0.05) is 19.6 Å². The van der Waals surface area contributed by atoms with Crippen molar-refractivity contribution in [1.29, 1.82) is 0 Å². The summed E-state index contributed by atoms with van der Waals surface area (Å²) in [6, 6.07) is 15.8. The molecule has 140 valence electrons. The topological polar surface area (TPSA) is 59.0 Å². The molecule has 0 aliphatic carbocycles.